The van der Waals surface area contributed by atoms with Crippen molar-refractivity contribution in [2.75, 3.05) is 26.8 Å². The summed E-state index contributed by atoms with van der Waals surface area (Å²) in [5.74, 6) is 1.93. The number of benzene rings is 1. The maximum Gasteiger partial charge on any atom is 0.122 e. The highest BCUT2D eigenvalue weighted by Crippen LogP contribution is 2.28. The first-order valence-corrected chi connectivity index (χ1v) is 7.65. The maximum atomic E-state index is 6.02. The first-order chi connectivity index (χ1) is 10.7. The van der Waals surface area contributed by atoms with Crippen molar-refractivity contribution in [3.8, 4) is 5.75 Å². The van der Waals surface area contributed by atoms with Gasteiger partial charge in [-0.15, -0.1) is 0 Å². The number of aromatic amines is 1. The van der Waals surface area contributed by atoms with Crippen LogP contribution in [-0.4, -0.2) is 47.3 Å². The number of para-hydroxylation sites is 1. The predicted molar refractivity (Wildman–Crippen MR) is 84.9 cm³/mol. The summed E-state index contributed by atoms with van der Waals surface area (Å²) in [5, 5.41) is 0. The van der Waals surface area contributed by atoms with Crippen LogP contribution in [-0.2, 0) is 11.3 Å². The van der Waals surface area contributed by atoms with Crippen LogP contribution in [0, 0.1) is 6.92 Å². The van der Waals surface area contributed by atoms with Crippen LogP contribution >= 0.6 is 0 Å². The molecular formula is C17H23N3O2. The standard InChI is InChI=1S/C17H23N3O2/c1-14-5-3-4-6-15(14)22-13-17(21-2)7-10-20(12-17)11-16-18-8-9-19-16/h3-6,8-9H,7,10-13H2,1-2H3,(H,18,19). The second-order valence-electron chi connectivity index (χ2n) is 5.94. The lowest BCUT2D eigenvalue weighted by atomic mass is 10.0. The number of ether oxygens (including phenoxy) is 2. The molecule has 1 aromatic carbocycles. The van der Waals surface area contributed by atoms with E-state index in [9.17, 15) is 0 Å². The molecule has 3 rings (SSSR count). The van der Waals surface area contributed by atoms with Gasteiger partial charge in [0.15, 0.2) is 0 Å². The Morgan fingerprint density at radius 3 is 2.95 bits per heavy atom. The Balaban J connectivity index is 1.60. The van der Waals surface area contributed by atoms with E-state index in [1.165, 1.54) is 0 Å². The Bertz CT molecular complexity index is 600. The summed E-state index contributed by atoms with van der Waals surface area (Å²) < 4.78 is 11.8. The van der Waals surface area contributed by atoms with Crippen molar-refractivity contribution in [1.82, 2.24) is 14.9 Å². The Hall–Kier alpha value is -1.85. The van der Waals surface area contributed by atoms with Gasteiger partial charge in [0, 0.05) is 32.6 Å². The second-order valence-corrected chi connectivity index (χ2v) is 5.94. The highest BCUT2D eigenvalue weighted by molar-refractivity contribution is 5.31. The monoisotopic (exact) mass is 301 g/mol. The Morgan fingerprint density at radius 1 is 1.36 bits per heavy atom. The SMILES string of the molecule is COC1(COc2ccccc2C)CCN(Cc2ncc[nH]2)C1. The molecular weight excluding hydrogens is 278 g/mol. The van der Waals surface area contributed by atoms with E-state index in [-0.39, 0.29) is 5.60 Å². The fraction of sp³-hybridized carbons (Fsp3) is 0.471. The number of hydrogen-bond donors (Lipinski definition) is 1. The first kappa shape index (κ1) is 15.1. The van der Waals surface area contributed by atoms with E-state index >= 15 is 0 Å². The molecule has 0 aliphatic carbocycles. The van der Waals surface area contributed by atoms with E-state index in [1.807, 2.05) is 24.4 Å². The lowest BCUT2D eigenvalue weighted by molar-refractivity contribution is -0.0361. The summed E-state index contributed by atoms with van der Waals surface area (Å²) in [6.07, 6.45) is 4.61. The number of hydrogen-bond acceptors (Lipinski definition) is 4. The Kier molecular flexibility index (Phi) is 4.45. The first-order valence-electron chi connectivity index (χ1n) is 7.65. The highest BCUT2D eigenvalue weighted by Gasteiger charge is 2.39. The molecule has 1 aliphatic heterocycles. The predicted octanol–water partition coefficient (Wildman–Crippen LogP) is 2.39. The van der Waals surface area contributed by atoms with E-state index in [1.54, 1.807) is 13.3 Å². The number of H-pyrrole nitrogens is 1. The molecule has 2 aromatic rings. The van der Waals surface area contributed by atoms with Gasteiger partial charge in [0.1, 0.15) is 23.8 Å². The molecule has 5 nitrogen and oxygen atoms in total. The maximum absolute atomic E-state index is 6.02. The zero-order valence-corrected chi connectivity index (χ0v) is 13.2. The van der Waals surface area contributed by atoms with Crippen molar-refractivity contribution in [1.29, 1.82) is 0 Å². The third kappa shape index (κ3) is 3.31. The van der Waals surface area contributed by atoms with E-state index in [0.29, 0.717) is 6.61 Å². The third-order valence-electron chi connectivity index (χ3n) is 4.34. The number of nitrogens with one attached hydrogen (secondary N) is 1. The van der Waals surface area contributed by atoms with E-state index in [0.717, 1.165) is 43.2 Å². The molecule has 1 N–H and O–H groups in total. The number of nitrogens with zero attached hydrogens (tertiary/aromatic N) is 2. The van der Waals surface area contributed by atoms with Gasteiger partial charge in [0.05, 0.1) is 6.54 Å². The average Bonchev–Trinajstić information content (AvgIpc) is 3.18. The molecule has 0 radical (unpaired) electrons. The topological polar surface area (TPSA) is 50.4 Å². The van der Waals surface area contributed by atoms with Crippen LogP contribution in [0.5, 0.6) is 5.75 Å². The fourth-order valence-corrected chi connectivity index (χ4v) is 2.93. The number of methoxy groups -OCH3 is 1. The minimum absolute atomic E-state index is 0.241. The van der Waals surface area contributed by atoms with Crippen molar-refractivity contribution in [2.24, 2.45) is 0 Å². The van der Waals surface area contributed by atoms with E-state index < -0.39 is 0 Å². The van der Waals surface area contributed by atoms with Crippen LogP contribution in [0.25, 0.3) is 0 Å². The molecule has 1 atom stereocenters. The number of rotatable bonds is 6. The number of aromatic nitrogens is 2. The van der Waals surface area contributed by atoms with Gasteiger partial charge in [0.2, 0.25) is 0 Å². The van der Waals surface area contributed by atoms with Gasteiger partial charge in [-0.1, -0.05) is 18.2 Å². The summed E-state index contributed by atoms with van der Waals surface area (Å²) in [6, 6.07) is 8.09. The molecule has 2 heterocycles. The lowest BCUT2D eigenvalue weighted by Crippen LogP contribution is -2.41. The van der Waals surface area contributed by atoms with Crippen molar-refractivity contribution < 1.29 is 9.47 Å². The third-order valence-corrected chi connectivity index (χ3v) is 4.34. The molecule has 118 valence electrons. The summed E-state index contributed by atoms with van der Waals surface area (Å²) in [4.78, 5) is 9.79. The molecule has 0 amide bonds. The minimum atomic E-state index is -0.241. The Labute approximate surface area is 131 Å². The molecule has 1 saturated heterocycles. The molecule has 5 heteroatoms. The fourth-order valence-electron chi connectivity index (χ4n) is 2.93. The van der Waals surface area contributed by atoms with Gasteiger partial charge in [-0.25, -0.2) is 4.98 Å². The van der Waals surface area contributed by atoms with Gasteiger partial charge >= 0.3 is 0 Å². The average molecular weight is 301 g/mol. The molecule has 1 aliphatic rings. The van der Waals surface area contributed by atoms with E-state index in [4.69, 9.17) is 9.47 Å². The van der Waals surface area contributed by atoms with Crippen molar-refractivity contribution >= 4 is 0 Å². The normalized spacial score (nSPS) is 22.1. The Morgan fingerprint density at radius 2 is 2.23 bits per heavy atom. The van der Waals surface area contributed by atoms with Crippen LogP contribution in [0.1, 0.15) is 17.8 Å². The molecule has 0 bridgehead atoms. The largest absolute Gasteiger partial charge is 0.490 e. The van der Waals surface area contributed by atoms with Gasteiger partial charge in [-0.05, 0) is 25.0 Å². The number of imidazole rings is 1. The van der Waals surface area contributed by atoms with Crippen molar-refractivity contribution in [3.05, 3.63) is 48.0 Å². The molecule has 1 aromatic heterocycles. The highest BCUT2D eigenvalue weighted by atomic mass is 16.5. The lowest BCUT2D eigenvalue weighted by Gasteiger charge is -2.28. The molecule has 1 unspecified atom stereocenters. The number of aryl methyl sites for hydroxylation is 1. The summed E-state index contributed by atoms with van der Waals surface area (Å²) in [6.45, 7) is 5.31. The van der Waals surface area contributed by atoms with Crippen LogP contribution in [0.15, 0.2) is 36.7 Å². The van der Waals surface area contributed by atoms with Gasteiger partial charge in [-0.2, -0.15) is 0 Å². The summed E-state index contributed by atoms with van der Waals surface area (Å²) >= 11 is 0. The van der Waals surface area contributed by atoms with Crippen LogP contribution < -0.4 is 4.74 Å². The zero-order chi connectivity index (χ0) is 15.4. The van der Waals surface area contributed by atoms with Crippen LogP contribution in [0.2, 0.25) is 0 Å². The van der Waals surface area contributed by atoms with Crippen molar-refractivity contribution in [3.63, 3.8) is 0 Å². The van der Waals surface area contributed by atoms with Gasteiger partial charge < -0.3 is 14.5 Å². The van der Waals surface area contributed by atoms with Gasteiger partial charge in [-0.3, -0.25) is 4.90 Å². The quantitative estimate of drug-likeness (QED) is 0.890. The molecule has 0 spiro atoms. The summed E-state index contributed by atoms with van der Waals surface area (Å²) in [7, 11) is 1.78. The number of likely N-dealkylation sites (tertiary alicyclic amines) is 1. The van der Waals surface area contributed by atoms with Crippen LogP contribution in [0.4, 0.5) is 0 Å². The summed E-state index contributed by atoms with van der Waals surface area (Å²) in [5.41, 5.74) is 0.911. The molecule has 0 saturated carbocycles. The van der Waals surface area contributed by atoms with Crippen LogP contribution in [0.3, 0.4) is 0 Å². The second kappa shape index (κ2) is 6.50. The minimum Gasteiger partial charge on any atom is -0.490 e. The van der Waals surface area contributed by atoms with Crippen molar-refractivity contribution in [2.45, 2.75) is 25.5 Å². The van der Waals surface area contributed by atoms with Gasteiger partial charge in [0.25, 0.3) is 0 Å². The smallest absolute Gasteiger partial charge is 0.122 e. The molecule has 1 fully saturated rings. The molecule has 22 heavy (non-hydrogen) atoms. The zero-order valence-electron chi connectivity index (χ0n) is 13.2. The van der Waals surface area contributed by atoms with E-state index in [2.05, 4.69) is 27.9 Å².